The summed E-state index contributed by atoms with van der Waals surface area (Å²) in [5.74, 6) is -0.589. The van der Waals surface area contributed by atoms with Crippen molar-refractivity contribution in [1.82, 2.24) is 31.0 Å². The molecule has 2 aromatic carbocycles. The molecule has 0 spiro atoms. The van der Waals surface area contributed by atoms with Crippen molar-refractivity contribution in [2.45, 2.75) is 35.4 Å². The van der Waals surface area contributed by atoms with Crippen LogP contribution in [0.4, 0.5) is 0 Å². The third kappa shape index (κ3) is 7.67. The first-order valence-electron chi connectivity index (χ1n) is 11.9. The number of aromatic nitrogens is 4. The minimum atomic E-state index is -4.12. The van der Waals surface area contributed by atoms with E-state index >= 15 is 0 Å². The number of amides is 2. The SMILES string of the molecule is Cl.Cl.O=C(Cc1nnn(Cc2ccccc2)n1)NCCOc1ccc(S(=O)(=O)C2(C(=O)NO)CCOCC2)cc1. The molecule has 2 amide bonds. The Morgan fingerprint density at radius 3 is 2.38 bits per heavy atom. The van der Waals surface area contributed by atoms with Crippen LogP contribution < -0.4 is 15.5 Å². The highest BCUT2D eigenvalue weighted by Crippen LogP contribution is 2.35. The molecule has 3 aromatic rings. The van der Waals surface area contributed by atoms with E-state index in [4.69, 9.17) is 14.7 Å². The van der Waals surface area contributed by atoms with Crippen molar-refractivity contribution in [1.29, 1.82) is 0 Å². The number of hydrogen-bond donors (Lipinski definition) is 3. The number of nitrogens with one attached hydrogen (secondary N) is 2. The average molecular weight is 618 g/mol. The Morgan fingerprint density at radius 2 is 1.73 bits per heavy atom. The van der Waals surface area contributed by atoms with Gasteiger partial charge in [-0.1, -0.05) is 30.3 Å². The Morgan fingerprint density at radius 1 is 1.05 bits per heavy atom. The van der Waals surface area contributed by atoms with Crippen molar-refractivity contribution in [3.63, 3.8) is 0 Å². The van der Waals surface area contributed by atoms with E-state index < -0.39 is 20.5 Å². The summed E-state index contributed by atoms with van der Waals surface area (Å²) in [4.78, 5) is 25.9. The van der Waals surface area contributed by atoms with E-state index in [9.17, 15) is 18.0 Å². The molecule has 1 aromatic heterocycles. The van der Waals surface area contributed by atoms with E-state index in [1.165, 1.54) is 34.5 Å². The van der Waals surface area contributed by atoms with Gasteiger partial charge in [0.15, 0.2) is 20.4 Å². The number of rotatable bonds is 11. The molecule has 2 heterocycles. The van der Waals surface area contributed by atoms with Gasteiger partial charge in [-0.15, -0.1) is 35.0 Å². The molecule has 1 fully saturated rings. The molecule has 40 heavy (non-hydrogen) atoms. The van der Waals surface area contributed by atoms with Crippen molar-refractivity contribution in [3.8, 4) is 5.75 Å². The number of halogens is 2. The van der Waals surface area contributed by atoms with E-state index in [2.05, 4.69) is 20.7 Å². The number of sulfone groups is 1. The van der Waals surface area contributed by atoms with Gasteiger partial charge in [-0.05, 0) is 47.9 Å². The zero-order chi connectivity index (χ0) is 27.0. The maximum absolute atomic E-state index is 13.3. The second-order valence-electron chi connectivity index (χ2n) is 8.62. The summed E-state index contributed by atoms with van der Waals surface area (Å²) in [7, 11) is -4.12. The number of benzene rings is 2. The molecule has 16 heteroatoms. The molecular formula is C24H30Cl2N6O7S. The van der Waals surface area contributed by atoms with Crippen LogP contribution in [-0.4, -0.2) is 76.8 Å². The maximum atomic E-state index is 13.3. The lowest BCUT2D eigenvalue weighted by atomic mass is 9.98. The molecule has 3 N–H and O–H groups in total. The van der Waals surface area contributed by atoms with Crippen molar-refractivity contribution >= 4 is 46.5 Å². The maximum Gasteiger partial charge on any atom is 0.265 e. The van der Waals surface area contributed by atoms with Gasteiger partial charge in [-0.2, -0.15) is 4.80 Å². The van der Waals surface area contributed by atoms with Crippen LogP contribution in [-0.2, 0) is 37.1 Å². The summed E-state index contributed by atoms with van der Waals surface area (Å²) in [6, 6.07) is 15.3. The zero-order valence-electron chi connectivity index (χ0n) is 21.3. The molecule has 0 bridgehead atoms. The fraction of sp³-hybridized carbons (Fsp3) is 0.375. The van der Waals surface area contributed by atoms with Gasteiger partial charge < -0.3 is 14.8 Å². The van der Waals surface area contributed by atoms with Crippen molar-refractivity contribution in [3.05, 3.63) is 66.0 Å². The van der Waals surface area contributed by atoms with Gasteiger partial charge in [0.25, 0.3) is 5.91 Å². The van der Waals surface area contributed by atoms with Crippen molar-refractivity contribution < 1.29 is 32.7 Å². The van der Waals surface area contributed by atoms with Crippen LogP contribution in [0.15, 0.2) is 59.5 Å². The minimum Gasteiger partial charge on any atom is -0.492 e. The van der Waals surface area contributed by atoms with Crippen molar-refractivity contribution in [2.24, 2.45) is 0 Å². The molecule has 0 unspecified atom stereocenters. The predicted molar refractivity (Wildman–Crippen MR) is 146 cm³/mol. The summed E-state index contributed by atoms with van der Waals surface area (Å²) >= 11 is 0. The topological polar surface area (TPSA) is 175 Å². The van der Waals surface area contributed by atoms with Crippen LogP contribution in [0.5, 0.6) is 5.75 Å². The third-order valence-corrected chi connectivity index (χ3v) is 8.65. The number of carbonyl (C=O) groups is 2. The first kappa shape index (κ1) is 32.9. The fourth-order valence-electron chi connectivity index (χ4n) is 4.09. The summed E-state index contributed by atoms with van der Waals surface area (Å²) in [6.45, 7) is 0.966. The lowest BCUT2D eigenvalue weighted by Gasteiger charge is -2.34. The zero-order valence-corrected chi connectivity index (χ0v) is 23.7. The first-order chi connectivity index (χ1) is 18.3. The van der Waals surface area contributed by atoms with E-state index in [0.29, 0.717) is 18.1 Å². The monoisotopic (exact) mass is 616 g/mol. The molecule has 218 valence electrons. The summed E-state index contributed by atoms with van der Waals surface area (Å²) < 4.78 is 35.5. The van der Waals surface area contributed by atoms with Crippen LogP contribution in [0, 0.1) is 0 Å². The highest BCUT2D eigenvalue weighted by Gasteiger charge is 2.52. The normalized spacial score (nSPS) is 14.2. The predicted octanol–water partition coefficient (Wildman–Crippen LogP) is 1.13. The fourth-order valence-corrected chi connectivity index (χ4v) is 6.03. The Labute approximate surface area is 243 Å². The van der Waals surface area contributed by atoms with E-state index in [-0.39, 0.29) is 81.2 Å². The second kappa shape index (κ2) is 14.9. The smallest absolute Gasteiger partial charge is 0.265 e. The number of tetrazole rings is 1. The quantitative estimate of drug-likeness (QED) is 0.161. The van der Waals surface area contributed by atoms with Gasteiger partial charge in [0.05, 0.1) is 24.4 Å². The molecule has 4 rings (SSSR count). The van der Waals surface area contributed by atoms with Gasteiger partial charge in [-0.25, -0.2) is 13.9 Å². The third-order valence-electron chi connectivity index (χ3n) is 6.14. The number of carbonyl (C=O) groups excluding carboxylic acids is 2. The van der Waals surface area contributed by atoms with Gasteiger partial charge >= 0.3 is 0 Å². The van der Waals surface area contributed by atoms with Crippen LogP contribution >= 0.6 is 24.8 Å². The molecule has 1 saturated heterocycles. The summed E-state index contributed by atoms with van der Waals surface area (Å²) in [5, 5.41) is 23.9. The van der Waals surface area contributed by atoms with E-state index in [1.807, 2.05) is 30.3 Å². The van der Waals surface area contributed by atoms with E-state index in [0.717, 1.165) is 5.56 Å². The minimum absolute atomic E-state index is 0. The average Bonchev–Trinajstić information content (AvgIpc) is 3.38. The largest absolute Gasteiger partial charge is 0.492 e. The molecule has 0 atom stereocenters. The Balaban J connectivity index is 0.00000280. The molecule has 0 aliphatic carbocycles. The van der Waals surface area contributed by atoms with Crippen LogP contribution in [0.25, 0.3) is 0 Å². The summed E-state index contributed by atoms with van der Waals surface area (Å²) in [6.07, 6.45) is -0.174. The van der Waals surface area contributed by atoms with Gasteiger partial charge in [0.2, 0.25) is 5.91 Å². The van der Waals surface area contributed by atoms with Crippen LogP contribution in [0.1, 0.15) is 24.2 Å². The Bertz CT molecular complexity index is 1350. The van der Waals surface area contributed by atoms with Gasteiger partial charge in [0.1, 0.15) is 12.4 Å². The number of hydroxylamine groups is 1. The number of ether oxygens (including phenoxy) is 2. The molecule has 1 aliphatic rings. The Hall–Kier alpha value is -3.30. The highest BCUT2D eigenvalue weighted by molar-refractivity contribution is 7.93. The Kier molecular flexibility index (Phi) is 12.3. The molecule has 0 saturated carbocycles. The first-order valence-corrected chi connectivity index (χ1v) is 13.4. The van der Waals surface area contributed by atoms with Crippen LogP contribution in [0.2, 0.25) is 0 Å². The standard InChI is InChI=1S/C24H28N6O7S.2ClH/c31-22(16-21-26-29-30(27-21)17-18-4-2-1-3-5-18)25-12-15-37-19-6-8-20(9-7-19)38(34,35)24(23(32)28-33)10-13-36-14-11-24;;/h1-9,33H,10-17H2,(H,25,31)(H,28,32);2*1H. The summed E-state index contributed by atoms with van der Waals surface area (Å²) in [5.41, 5.74) is 2.50. The highest BCUT2D eigenvalue weighted by atomic mass is 35.5. The lowest BCUT2D eigenvalue weighted by molar-refractivity contribution is -0.134. The van der Waals surface area contributed by atoms with E-state index in [1.54, 1.807) is 0 Å². The lowest BCUT2D eigenvalue weighted by Crippen LogP contribution is -2.54. The molecular weight excluding hydrogens is 587 g/mol. The van der Waals surface area contributed by atoms with Gasteiger partial charge in [0, 0.05) is 13.2 Å². The number of nitrogens with zero attached hydrogens (tertiary/aromatic N) is 4. The second-order valence-corrected chi connectivity index (χ2v) is 10.9. The van der Waals surface area contributed by atoms with Crippen molar-refractivity contribution in [2.75, 3.05) is 26.4 Å². The van der Waals surface area contributed by atoms with Gasteiger partial charge in [-0.3, -0.25) is 14.8 Å². The molecule has 13 nitrogen and oxygen atoms in total. The molecule has 1 aliphatic heterocycles. The van der Waals surface area contributed by atoms with Crippen LogP contribution in [0.3, 0.4) is 0 Å². The number of hydrogen-bond acceptors (Lipinski definition) is 10. The molecule has 0 radical (unpaired) electrons.